The van der Waals surface area contributed by atoms with Gasteiger partial charge in [-0.3, -0.25) is 4.98 Å². The molecular formula is C10H15N3O3S. The molecule has 1 fully saturated rings. The van der Waals surface area contributed by atoms with Crippen LogP contribution >= 0.6 is 0 Å². The maximum absolute atomic E-state index is 12.3. The van der Waals surface area contributed by atoms with E-state index in [2.05, 4.69) is 4.98 Å². The standard InChI is InChI=1S/C10H15N3O3S/c11-6-9-10(2-1-4-12-9)17(15,16)13-5-3-8(14)7-13/h1-2,4,8,14H,3,5-7,11H2. The van der Waals surface area contributed by atoms with E-state index in [0.29, 0.717) is 18.7 Å². The van der Waals surface area contributed by atoms with Crippen LogP contribution in [0.5, 0.6) is 0 Å². The number of aliphatic hydroxyl groups is 1. The number of rotatable bonds is 3. The van der Waals surface area contributed by atoms with Crippen LogP contribution in [0.15, 0.2) is 23.2 Å². The Bertz CT molecular complexity index is 503. The molecule has 0 radical (unpaired) electrons. The third-order valence-corrected chi connectivity index (χ3v) is 4.72. The van der Waals surface area contributed by atoms with Crippen LogP contribution in [-0.2, 0) is 16.6 Å². The van der Waals surface area contributed by atoms with Gasteiger partial charge in [0.05, 0.1) is 11.8 Å². The van der Waals surface area contributed by atoms with Gasteiger partial charge in [-0.25, -0.2) is 8.42 Å². The lowest BCUT2D eigenvalue weighted by atomic mass is 10.3. The second-order valence-corrected chi connectivity index (χ2v) is 5.86. The van der Waals surface area contributed by atoms with E-state index in [1.165, 1.54) is 16.6 Å². The quantitative estimate of drug-likeness (QED) is 0.746. The Morgan fingerprint density at radius 3 is 2.94 bits per heavy atom. The maximum Gasteiger partial charge on any atom is 0.245 e. The van der Waals surface area contributed by atoms with Gasteiger partial charge in [-0.1, -0.05) is 0 Å². The van der Waals surface area contributed by atoms with Crippen LogP contribution in [-0.4, -0.2) is 42.0 Å². The predicted molar refractivity (Wildman–Crippen MR) is 61.5 cm³/mol. The fraction of sp³-hybridized carbons (Fsp3) is 0.500. The first-order chi connectivity index (χ1) is 8.05. The number of nitrogens with zero attached hydrogens (tertiary/aromatic N) is 2. The highest BCUT2D eigenvalue weighted by Crippen LogP contribution is 2.22. The van der Waals surface area contributed by atoms with Gasteiger partial charge in [-0.05, 0) is 18.6 Å². The lowest BCUT2D eigenvalue weighted by Gasteiger charge is -2.17. The van der Waals surface area contributed by atoms with Gasteiger partial charge in [0.2, 0.25) is 10.0 Å². The molecule has 0 amide bonds. The van der Waals surface area contributed by atoms with Crippen LogP contribution < -0.4 is 5.73 Å². The van der Waals surface area contributed by atoms with Gasteiger partial charge < -0.3 is 10.8 Å². The molecule has 1 aliphatic rings. The van der Waals surface area contributed by atoms with Gasteiger partial charge >= 0.3 is 0 Å². The molecule has 0 aliphatic carbocycles. The minimum Gasteiger partial charge on any atom is -0.392 e. The molecule has 7 heteroatoms. The molecule has 0 saturated carbocycles. The molecule has 1 aromatic heterocycles. The molecule has 94 valence electrons. The second-order valence-electron chi connectivity index (χ2n) is 3.96. The largest absolute Gasteiger partial charge is 0.392 e. The molecule has 1 unspecified atom stereocenters. The Hall–Kier alpha value is -1.02. The van der Waals surface area contributed by atoms with Crippen LogP contribution in [0, 0.1) is 0 Å². The van der Waals surface area contributed by atoms with Gasteiger partial charge in [0.1, 0.15) is 4.90 Å². The molecule has 0 aromatic carbocycles. The highest BCUT2D eigenvalue weighted by Gasteiger charge is 2.32. The van der Waals surface area contributed by atoms with Crippen LogP contribution in [0.2, 0.25) is 0 Å². The first kappa shape index (κ1) is 12.4. The lowest BCUT2D eigenvalue weighted by Crippen LogP contribution is -2.30. The Kier molecular flexibility index (Phi) is 3.43. The summed E-state index contributed by atoms with van der Waals surface area (Å²) in [4.78, 5) is 4.10. The number of aliphatic hydroxyl groups excluding tert-OH is 1. The average Bonchev–Trinajstić information content (AvgIpc) is 2.76. The van der Waals surface area contributed by atoms with Crippen molar-refractivity contribution < 1.29 is 13.5 Å². The number of sulfonamides is 1. The van der Waals surface area contributed by atoms with E-state index in [0.717, 1.165) is 0 Å². The van der Waals surface area contributed by atoms with Crippen molar-refractivity contribution in [2.75, 3.05) is 13.1 Å². The average molecular weight is 257 g/mol. The fourth-order valence-corrected chi connectivity index (χ4v) is 3.56. The third kappa shape index (κ3) is 2.32. The minimum absolute atomic E-state index is 0.0752. The lowest BCUT2D eigenvalue weighted by molar-refractivity contribution is 0.189. The zero-order valence-corrected chi connectivity index (χ0v) is 10.1. The molecule has 1 aromatic rings. The van der Waals surface area contributed by atoms with E-state index in [1.54, 1.807) is 6.07 Å². The first-order valence-electron chi connectivity index (χ1n) is 5.38. The van der Waals surface area contributed by atoms with Crippen molar-refractivity contribution >= 4 is 10.0 Å². The Morgan fingerprint density at radius 2 is 2.35 bits per heavy atom. The fourth-order valence-electron chi connectivity index (χ4n) is 1.88. The Balaban J connectivity index is 2.38. The zero-order chi connectivity index (χ0) is 12.5. The second kappa shape index (κ2) is 4.69. The number of aromatic nitrogens is 1. The zero-order valence-electron chi connectivity index (χ0n) is 9.28. The van der Waals surface area contributed by atoms with Crippen LogP contribution in [0.4, 0.5) is 0 Å². The van der Waals surface area contributed by atoms with Crippen molar-refractivity contribution in [3.05, 3.63) is 24.0 Å². The van der Waals surface area contributed by atoms with Crippen molar-refractivity contribution in [3.63, 3.8) is 0 Å². The molecule has 1 saturated heterocycles. The summed E-state index contributed by atoms with van der Waals surface area (Å²) in [6, 6.07) is 3.06. The molecule has 1 atom stereocenters. The van der Waals surface area contributed by atoms with E-state index in [-0.39, 0.29) is 18.0 Å². The maximum atomic E-state index is 12.3. The summed E-state index contributed by atoms with van der Waals surface area (Å²) in [7, 11) is -3.58. The van der Waals surface area contributed by atoms with Gasteiger partial charge in [0, 0.05) is 25.8 Å². The number of hydrogen-bond donors (Lipinski definition) is 2. The van der Waals surface area contributed by atoms with E-state index in [4.69, 9.17) is 5.73 Å². The Morgan fingerprint density at radius 1 is 1.59 bits per heavy atom. The van der Waals surface area contributed by atoms with Crippen molar-refractivity contribution in [2.45, 2.75) is 24.0 Å². The molecule has 17 heavy (non-hydrogen) atoms. The van der Waals surface area contributed by atoms with Crippen molar-refractivity contribution in [3.8, 4) is 0 Å². The number of pyridine rings is 1. The summed E-state index contributed by atoms with van der Waals surface area (Å²) >= 11 is 0. The number of β-amino-alcohol motifs (C(OH)–C–C–N with tert-alkyl or cyclic N) is 1. The predicted octanol–water partition coefficient (Wildman–Crippen LogP) is -0.704. The molecule has 2 rings (SSSR count). The molecule has 1 aliphatic heterocycles. The van der Waals surface area contributed by atoms with Gasteiger partial charge in [0.15, 0.2) is 0 Å². The topological polar surface area (TPSA) is 96.5 Å². The summed E-state index contributed by atoms with van der Waals surface area (Å²) in [5.74, 6) is 0. The summed E-state index contributed by atoms with van der Waals surface area (Å²) in [6.45, 7) is 0.551. The summed E-state index contributed by atoms with van der Waals surface area (Å²) < 4.78 is 25.8. The summed E-state index contributed by atoms with van der Waals surface area (Å²) in [6.07, 6.45) is 1.40. The summed E-state index contributed by atoms with van der Waals surface area (Å²) in [5.41, 5.74) is 5.83. The third-order valence-electron chi connectivity index (χ3n) is 2.79. The van der Waals surface area contributed by atoms with Crippen molar-refractivity contribution in [1.29, 1.82) is 0 Å². The van der Waals surface area contributed by atoms with Crippen LogP contribution in [0.1, 0.15) is 12.1 Å². The molecule has 0 bridgehead atoms. The van der Waals surface area contributed by atoms with Crippen LogP contribution in [0.3, 0.4) is 0 Å². The number of nitrogens with two attached hydrogens (primary N) is 1. The summed E-state index contributed by atoms with van der Waals surface area (Å²) in [5, 5.41) is 9.39. The highest BCUT2D eigenvalue weighted by atomic mass is 32.2. The van der Waals surface area contributed by atoms with Gasteiger partial charge in [-0.2, -0.15) is 4.31 Å². The molecule has 3 N–H and O–H groups in total. The van der Waals surface area contributed by atoms with Crippen molar-refractivity contribution in [1.82, 2.24) is 9.29 Å². The van der Waals surface area contributed by atoms with E-state index in [1.807, 2.05) is 0 Å². The minimum atomic E-state index is -3.58. The number of hydrogen-bond acceptors (Lipinski definition) is 5. The monoisotopic (exact) mass is 257 g/mol. The first-order valence-corrected chi connectivity index (χ1v) is 6.82. The van der Waals surface area contributed by atoms with Gasteiger partial charge in [-0.15, -0.1) is 0 Å². The molecule has 6 nitrogen and oxygen atoms in total. The normalized spacial score (nSPS) is 21.9. The van der Waals surface area contributed by atoms with E-state index >= 15 is 0 Å². The molecular weight excluding hydrogens is 242 g/mol. The Labute approximate surface area is 100 Å². The van der Waals surface area contributed by atoms with Crippen molar-refractivity contribution in [2.24, 2.45) is 5.73 Å². The molecule has 0 spiro atoms. The molecule has 2 heterocycles. The van der Waals surface area contributed by atoms with E-state index < -0.39 is 16.1 Å². The van der Waals surface area contributed by atoms with Crippen LogP contribution in [0.25, 0.3) is 0 Å². The highest BCUT2D eigenvalue weighted by molar-refractivity contribution is 7.89. The van der Waals surface area contributed by atoms with E-state index in [9.17, 15) is 13.5 Å². The smallest absolute Gasteiger partial charge is 0.245 e. The van der Waals surface area contributed by atoms with Gasteiger partial charge in [0.25, 0.3) is 0 Å². The SMILES string of the molecule is NCc1ncccc1S(=O)(=O)N1CCC(O)C1.